The lowest BCUT2D eigenvalue weighted by molar-refractivity contribution is 0.528. The van der Waals surface area contributed by atoms with Crippen molar-refractivity contribution in [2.75, 3.05) is 0 Å². The van der Waals surface area contributed by atoms with Crippen molar-refractivity contribution in [3.8, 4) is 6.07 Å². The van der Waals surface area contributed by atoms with Gasteiger partial charge < -0.3 is 0 Å². The summed E-state index contributed by atoms with van der Waals surface area (Å²) >= 11 is 0. The van der Waals surface area contributed by atoms with Gasteiger partial charge in [-0.2, -0.15) is 5.26 Å². The number of fused-ring (bicyclic) bond motifs is 1. The van der Waals surface area contributed by atoms with Gasteiger partial charge in [-0.25, -0.2) is 8.78 Å². The molecule has 2 aromatic carbocycles. The zero-order chi connectivity index (χ0) is 19.2. The Morgan fingerprint density at radius 3 is 2.56 bits per heavy atom. The number of nitriles is 1. The summed E-state index contributed by atoms with van der Waals surface area (Å²) in [6, 6.07) is 10.7. The summed E-state index contributed by atoms with van der Waals surface area (Å²) in [6.07, 6.45) is 9.21. The first kappa shape index (κ1) is 19.5. The summed E-state index contributed by atoms with van der Waals surface area (Å²) in [5, 5.41) is 8.98. The highest BCUT2D eigenvalue weighted by Crippen LogP contribution is 2.35. The first-order chi connectivity index (χ1) is 13.1. The Morgan fingerprint density at radius 2 is 1.81 bits per heavy atom. The molecule has 0 saturated carbocycles. The van der Waals surface area contributed by atoms with Gasteiger partial charge in [0.2, 0.25) is 0 Å². The van der Waals surface area contributed by atoms with E-state index in [0.29, 0.717) is 6.42 Å². The summed E-state index contributed by atoms with van der Waals surface area (Å²) in [5.41, 5.74) is 3.82. The lowest BCUT2D eigenvalue weighted by Gasteiger charge is -2.26. The van der Waals surface area contributed by atoms with Gasteiger partial charge in [-0.15, -0.1) is 0 Å². The van der Waals surface area contributed by atoms with Gasteiger partial charge >= 0.3 is 0 Å². The van der Waals surface area contributed by atoms with Gasteiger partial charge in [-0.1, -0.05) is 44.7 Å². The molecule has 0 saturated heterocycles. The molecule has 0 radical (unpaired) electrons. The number of nitrogens with zero attached hydrogens (tertiary/aromatic N) is 1. The van der Waals surface area contributed by atoms with E-state index in [0.717, 1.165) is 47.9 Å². The number of benzene rings is 2. The maximum absolute atomic E-state index is 14.7. The Bertz CT molecular complexity index is 835. The molecule has 142 valence electrons. The highest BCUT2D eigenvalue weighted by Gasteiger charge is 2.24. The quantitative estimate of drug-likeness (QED) is 0.504. The molecule has 1 atom stereocenters. The lowest BCUT2D eigenvalue weighted by atomic mass is 9.79. The van der Waals surface area contributed by atoms with Crippen molar-refractivity contribution in [1.29, 1.82) is 5.26 Å². The van der Waals surface area contributed by atoms with Crippen LogP contribution in [0.2, 0.25) is 0 Å². The van der Waals surface area contributed by atoms with Gasteiger partial charge in [0.05, 0.1) is 5.56 Å². The minimum Gasteiger partial charge on any atom is -0.207 e. The average Bonchev–Trinajstić information content (AvgIpc) is 2.67. The van der Waals surface area contributed by atoms with Gasteiger partial charge in [0.25, 0.3) is 0 Å². The van der Waals surface area contributed by atoms with Crippen LogP contribution in [0.3, 0.4) is 0 Å². The number of halogens is 2. The molecule has 0 aliphatic heterocycles. The number of aryl methyl sites for hydroxylation is 2. The molecule has 3 heteroatoms. The molecule has 0 heterocycles. The Hall–Kier alpha value is -2.21. The highest BCUT2D eigenvalue weighted by molar-refractivity contribution is 5.42. The normalized spacial score (nSPS) is 16.0. The predicted octanol–water partition coefficient (Wildman–Crippen LogP) is 6.62. The van der Waals surface area contributed by atoms with Crippen molar-refractivity contribution in [3.63, 3.8) is 0 Å². The first-order valence-corrected chi connectivity index (χ1v) is 10.1. The van der Waals surface area contributed by atoms with Crippen LogP contribution in [0.25, 0.3) is 0 Å². The van der Waals surface area contributed by atoms with Gasteiger partial charge in [-0.05, 0) is 78.5 Å². The number of hydrogen-bond acceptors (Lipinski definition) is 1. The zero-order valence-electron chi connectivity index (χ0n) is 16.0. The van der Waals surface area contributed by atoms with Crippen LogP contribution in [0, 0.1) is 23.0 Å². The van der Waals surface area contributed by atoms with Gasteiger partial charge in [0, 0.05) is 0 Å². The van der Waals surface area contributed by atoms with E-state index in [1.165, 1.54) is 31.7 Å². The number of hydrogen-bond donors (Lipinski definition) is 0. The Labute approximate surface area is 161 Å². The molecule has 0 N–H and O–H groups in total. The summed E-state index contributed by atoms with van der Waals surface area (Å²) in [7, 11) is 0. The molecule has 0 aromatic heterocycles. The maximum Gasteiger partial charge on any atom is 0.141 e. The third-order valence-electron chi connectivity index (χ3n) is 5.71. The van der Waals surface area contributed by atoms with E-state index >= 15 is 0 Å². The Balaban J connectivity index is 1.67. The maximum atomic E-state index is 14.7. The summed E-state index contributed by atoms with van der Waals surface area (Å²) in [4.78, 5) is 0. The predicted molar refractivity (Wildman–Crippen MR) is 105 cm³/mol. The summed E-state index contributed by atoms with van der Waals surface area (Å²) in [6.45, 7) is 2.20. The van der Waals surface area contributed by atoms with Crippen LogP contribution in [-0.2, 0) is 19.3 Å². The Morgan fingerprint density at radius 1 is 1.00 bits per heavy atom. The van der Waals surface area contributed by atoms with Crippen LogP contribution < -0.4 is 0 Å². The minimum atomic E-state index is -0.476. The van der Waals surface area contributed by atoms with Gasteiger partial charge in [0.15, 0.2) is 0 Å². The molecule has 1 nitrogen and oxygen atoms in total. The topological polar surface area (TPSA) is 23.8 Å². The van der Waals surface area contributed by atoms with E-state index < -0.39 is 5.82 Å². The van der Waals surface area contributed by atoms with Gasteiger partial charge in [0.1, 0.15) is 17.7 Å². The summed E-state index contributed by atoms with van der Waals surface area (Å²) < 4.78 is 28.7. The zero-order valence-corrected chi connectivity index (χ0v) is 16.0. The van der Waals surface area contributed by atoms with Crippen molar-refractivity contribution >= 4 is 0 Å². The molecule has 1 aliphatic carbocycles. The second kappa shape index (κ2) is 9.13. The molecule has 0 amide bonds. The molecule has 1 aliphatic rings. The molecule has 0 bridgehead atoms. The fourth-order valence-corrected chi connectivity index (χ4v) is 4.12. The molecular formula is C24H27F2N. The SMILES string of the molecule is CCCCCCCc1ccc(C2CCc3cc(C#N)c(F)cc3C2)c(F)c1. The van der Waals surface area contributed by atoms with Crippen LogP contribution in [0.5, 0.6) is 0 Å². The molecule has 2 aromatic rings. The number of unbranched alkanes of at least 4 members (excludes halogenated alkanes) is 4. The Kier molecular flexibility index (Phi) is 6.61. The van der Waals surface area contributed by atoms with Crippen LogP contribution >= 0.6 is 0 Å². The van der Waals surface area contributed by atoms with Crippen molar-refractivity contribution in [3.05, 3.63) is 69.8 Å². The van der Waals surface area contributed by atoms with E-state index in [1.54, 1.807) is 12.1 Å². The highest BCUT2D eigenvalue weighted by atomic mass is 19.1. The van der Waals surface area contributed by atoms with E-state index in [-0.39, 0.29) is 17.3 Å². The standard InChI is InChI=1S/C24H27F2N/c1-2-3-4-5-6-7-17-8-11-22(24(26)12-17)19-10-9-18-13-21(16-27)23(25)15-20(18)14-19/h8,11-13,15,19H,2-7,9-10,14H2,1H3. The minimum absolute atomic E-state index is 0.0726. The fourth-order valence-electron chi connectivity index (χ4n) is 4.12. The van der Waals surface area contributed by atoms with E-state index in [2.05, 4.69) is 6.92 Å². The second-order valence-corrected chi connectivity index (χ2v) is 7.67. The summed E-state index contributed by atoms with van der Waals surface area (Å²) in [5.74, 6) is -0.539. The lowest BCUT2D eigenvalue weighted by Crippen LogP contribution is -2.15. The molecule has 0 fully saturated rings. The monoisotopic (exact) mass is 367 g/mol. The average molecular weight is 367 g/mol. The first-order valence-electron chi connectivity index (χ1n) is 10.1. The molecule has 1 unspecified atom stereocenters. The van der Waals surface area contributed by atoms with Crippen molar-refractivity contribution in [1.82, 2.24) is 0 Å². The smallest absolute Gasteiger partial charge is 0.141 e. The largest absolute Gasteiger partial charge is 0.207 e. The molecular weight excluding hydrogens is 340 g/mol. The van der Waals surface area contributed by atoms with Crippen molar-refractivity contribution in [2.45, 2.75) is 70.6 Å². The van der Waals surface area contributed by atoms with E-state index in [1.807, 2.05) is 18.2 Å². The van der Waals surface area contributed by atoms with E-state index in [4.69, 9.17) is 5.26 Å². The fraction of sp³-hybridized carbons (Fsp3) is 0.458. The number of rotatable bonds is 7. The third-order valence-corrected chi connectivity index (χ3v) is 5.71. The van der Waals surface area contributed by atoms with Crippen molar-refractivity contribution < 1.29 is 8.78 Å². The molecule has 3 rings (SSSR count). The van der Waals surface area contributed by atoms with Crippen LogP contribution in [0.15, 0.2) is 30.3 Å². The van der Waals surface area contributed by atoms with Gasteiger partial charge in [-0.3, -0.25) is 0 Å². The van der Waals surface area contributed by atoms with Crippen molar-refractivity contribution in [2.24, 2.45) is 0 Å². The van der Waals surface area contributed by atoms with E-state index in [9.17, 15) is 8.78 Å². The molecule has 27 heavy (non-hydrogen) atoms. The van der Waals surface area contributed by atoms with Crippen LogP contribution in [0.1, 0.15) is 79.2 Å². The van der Waals surface area contributed by atoms with Crippen LogP contribution in [-0.4, -0.2) is 0 Å². The van der Waals surface area contributed by atoms with Crippen LogP contribution in [0.4, 0.5) is 8.78 Å². The third kappa shape index (κ3) is 4.75. The second-order valence-electron chi connectivity index (χ2n) is 7.67. The molecule has 0 spiro atoms.